The number of aryl methyl sites for hydroxylation is 2. The minimum atomic E-state index is -0.349. The summed E-state index contributed by atoms with van der Waals surface area (Å²) >= 11 is 0. The Hall–Kier alpha value is -3.20. The summed E-state index contributed by atoms with van der Waals surface area (Å²) in [6, 6.07) is 13.2. The number of hydrogen-bond donors (Lipinski definition) is 1. The van der Waals surface area contributed by atoms with Gasteiger partial charge >= 0.3 is 0 Å². The highest BCUT2D eigenvalue weighted by atomic mass is 16.1. The van der Waals surface area contributed by atoms with Crippen LogP contribution >= 0.6 is 0 Å². The van der Waals surface area contributed by atoms with Gasteiger partial charge in [-0.05, 0) is 38.1 Å². The number of nitriles is 1. The fraction of sp³-hybridized carbons (Fsp3) is 0.176. The molecular weight excluding hydrogens is 290 g/mol. The zero-order valence-corrected chi connectivity index (χ0v) is 12.9. The Balaban J connectivity index is 2.09. The van der Waals surface area contributed by atoms with Crippen molar-refractivity contribution < 1.29 is 4.79 Å². The van der Waals surface area contributed by atoms with Gasteiger partial charge in [0.25, 0.3) is 0 Å². The quantitative estimate of drug-likeness (QED) is 0.806. The Morgan fingerprint density at radius 3 is 2.83 bits per heavy atom. The number of aromatic nitrogens is 3. The lowest BCUT2D eigenvalue weighted by atomic mass is 10.2. The fourth-order valence-electron chi connectivity index (χ4n) is 2.48. The summed E-state index contributed by atoms with van der Waals surface area (Å²) < 4.78 is 1.77. The molecule has 0 fully saturated rings. The molecule has 6 nitrogen and oxygen atoms in total. The highest BCUT2D eigenvalue weighted by Crippen LogP contribution is 2.23. The van der Waals surface area contributed by atoms with E-state index in [1.165, 1.54) is 0 Å². The molecule has 114 valence electrons. The Morgan fingerprint density at radius 1 is 1.30 bits per heavy atom. The maximum atomic E-state index is 11.7. The second kappa shape index (κ2) is 5.89. The van der Waals surface area contributed by atoms with E-state index < -0.39 is 0 Å². The molecule has 0 atom stereocenters. The molecule has 0 aliphatic carbocycles. The third kappa shape index (κ3) is 2.90. The normalized spacial score (nSPS) is 10.5. The number of nitrogens with zero attached hydrogens (tertiary/aromatic N) is 4. The molecule has 0 aliphatic heterocycles. The molecule has 6 heteroatoms. The van der Waals surface area contributed by atoms with Gasteiger partial charge in [0.2, 0.25) is 5.91 Å². The second-order valence-corrected chi connectivity index (χ2v) is 5.27. The first-order chi connectivity index (χ1) is 11.1. The van der Waals surface area contributed by atoms with Crippen LogP contribution in [0.1, 0.15) is 17.8 Å². The Morgan fingerprint density at radius 2 is 2.13 bits per heavy atom. The molecule has 23 heavy (non-hydrogen) atoms. The largest absolute Gasteiger partial charge is 0.323 e. The van der Waals surface area contributed by atoms with Crippen LogP contribution in [0.5, 0.6) is 0 Å². The average molecular weight is 305 g/mol. The van der Waals surface area contributed by atoms with Gasteiger partial charge in [0.15, 0.2) is 5.82 Å². The minimum Gasteiger partial charge on any atom is -0.323 e. The Labute approximate surface area is 133 Å². The molecule has 1 amide bonds. The molecule has 0 unspecified atom stereocenters. The van der Waals surface area contributed by atoms with Crippen LogP contribution < -0.4 is 5.32 Å². The number of fused-ring (bicyclic) bond motifs is 1. The number of hydrogen-bond acceptors (Lipinski definition) is 4. The topological polar surface area (TPSA) is 83.6 Å². The van der Waals surface area contributed by atoms with E-state index in [0.717, 1.165) is 16.8 Å². The van der Waals surface area contributed by atoms with Crippen LogP contribution in [0.15, 0.2) is 36.4 Å². The van der Waals surface area contributed by atoms with Crippen LogP contribution in [0.4, 0.5) is 5.69 Å². The van der Waals surface area contributed by atoms with Gasteiger partial charge in [0.05, 0.1) is 23.0 Å². The summed E-state index contributed by atoms with van der Waals surface area (Å²) in [5.74, 6) is 0.336. The molecule has 2 heterocycles. The van der Waals surface area contributed by atoms with E-state index in [0.29, 0.717) is 17.0 Å². The van der Waals surface area contributed by atoms with Crippen LogP contribution in [0, 0.1) is 25.2 Å². The molecule has 0 radical (unpaired) electrons. The summed E-state index contributed by atoms with van der Waals surface area (Å²) in [5.41, 5.74) is 3.16. The molecule has 0 saturated heterocycles. The molecule has 0 bridgehead atoms. The molecule has 1 N–H and O–H groups in total. The van der Waals surface area contributed by atoms with Gasteiger partial charge in [0.1, 0.15) is 6.42 Å². The zero-order chi connectivity index (χ0) is 16.4. The monoisotopic (exact) mass is 305 g/mol. The number of carbonyl (C=O) groups excluding carboxylic acids is 1. The van der Waals surface area contributed by atoms with E-state index in [1.807, 2.05) is 50.2 Å². The molecule has 2 aromatic heterocycles. The van der Waals surface area contributed by atoms with Crippen molar-refractivity contribution in [2.75, 3.05) is 5.32 Å². The van der Waals surface area contributed by atoms with Crippen molar-refractivity contribution >= 4 is 22.5 Å². The van der Waals surface area contributed by atoms with Gasteiger partial charge in [-0.25, -0.2) is 9.67 Å². The van der Waals surface area contributed by atoms with E-state index in [2.05, 4.69) is 15.4 Å². The molecule has 0 saturated carbocycles. The van der Waals surface area contributed by atoms with E-state index in [1.54, 1.807) is 10.7 Å². The first-order valence-corrected chi connectivity index (χ1v) is 7.18. The van der Waals surface area contributed by atoms with E-state index in [9.17, 15) is 4.79 Å². The van der Waals surface area contributed by atoms with Crippen molar-refractivity contribution in [3.63, 3.8) is 0 Å². The number of rotatable bonds is 3. The summed E-state index contributed by atoms with van der Waals surface area (Å²) in [6.45, 7) is 3.89. The minimum absolute atomic E-state index is 0.187. The van der Waals surface area contributed by atoms with Crippen molar-refractivity contribution in [2.45, 2.75) is 20.3 Å². The van der Waals surface area contributed by atoms with Crippen LogP contribution in [-0.2, 0) is 4.79 Å². The Bertz CT molecular complexity index is 936. The lowest BCUT2D eigenvalue weighted by Crippen LogP contribution is -2.11. The first kappa shape index (κ1) is 14.7. The summed E-state index contributed by atoms with van der Waals surface area (Å²) in [7, 11) is 0. The Kier molecular flexibility index (Phi) is 3.77. The molecule has 0 spiro atoms. The highest BCUT2D eigenvalue weighted by molar-refractivity contribution is 6.01. The van der Waals surface area contributed by atoms with Crippen LogP contribution in [0.25, 0.3) is 16.7 Å². The van der Waals surface area contributed by atoms with Crippen LogP contribution in [0.2, 0.25) is 0 Å². The van der Waals surface area contributed by atoms with Gasteiger partial charge in [-0.2, -0.15) is 10.4 Å². The van der Waals surface area contributed by atoms with E-state index in [-0.39, 0.29) is 12.3 Å². The predicted octanol–water partition coefficient (Wildman–Crippen LogP) is 2.89. The lowest BCUT2D eigenvalue weighted by Gasteiger charge is -2.09. The van der Waals surface area contributed by atoms with Crippen molar-refractivity contribution in [3.8, 4) is 11.9 Å². The molecule has 3 rings (SSSR count). The molecule has 1 aromatic carbocycles. The van der Waals surface area contributed by atoms with Gasteiger partial charge in [-0.15, -0.1) is 0 Å². The second-order valence-electron chi connectivity index (χ2n) is 5.27. The summed E-state index contributed by atoms with van der Waals surface area (Å²) in [5, 5.41) is 16.7. The third-order valence-corrected chi connectivity index (χ3v) is 3.45. The molecule has 0 aliphatic rings. The number of carbonyl (C=O) groups is 1. The van der Waals surface area contributed by atoms with Gasteiger partial charge in [-0.3, -0.25) is 4.79 Å². The predicted molar refractivity (Wildman–Crippen MR) is 87.2 cm³/mol. The van der Waals surface area contributed by atoms with Crippen molar-refractivity contribution in [2.24, 2.45) is 0 Å². The maximum absolute atomic E-state index is 11.7. The molecule has 3 aromatic rings. The fourth-order valence-corrected chi connectivity index (χ4v) is 2.48. The SMILES string of the molecule is Cc1cc(C)n(-c2ccc3cccc(NC(=O)CC#N)c3n2)n1. The van der Waals surface area contributed by atoms with E-state index >= 15 is 0 Å². The summed E-state index contributed by atoms with van der Waals surface area (Å²) in [6.07, 6.45) is -0.187. The number of para-hydroxylation sites is 1. The van der Waals surface area contributed by atoms with Crippen molar-refractivity contribution in [1.29, 1.82) is 5.26 Å². The lowest BCUT2D eigenvalue weighted by molar-refractivity contribution is -0.115. The number of benzene rings is 1. The van der Waals surface area contributed by atoms with Gasteiger partial charge in [-0.1, -0.05) is 12.1 Å². The van der Waals surface area contributed by atoms with Gasteiger partial charge < -0.3 is 5.32 Å². The standard InChI is InChI=1S/C17H15N5O/c1-11-10-12(2)22(21-11)15-7-6-13-4-3-5-14(17(13)20-15)19-16(23)8-9-18/h3-7,10H,8H2,1-2H3,(H,19,23). The van der Waals surface area contributed by atoms with E-state index in [4.69, 9.17) is 5.26 Å². The first-order valence-electron chi connectivity index (χ1n) is 7.18. The van der Waals surface area contributed by atoms with Crippen molar-refractivity contribution in [1.82, 2.24) is 14.8 Å². The average Bonchev–Trinajstić information content (AvgIpc) is 2.86. The summed E-state index contributed by atoms with van der Waals surface area (Å²) in [4.78, 5) is 16.3. The number of amides is 1. The van der Waals surface area contributed by atoms with Crippen LogP contribution in [-0.4, -0.2) is 20.7 Å². The highest BCUT2D eigenvalue weighted by Gasteiger charge is 2.10. The van der Waals surface area contributed by atoms with Gasteiger partial charge in [0, 0.05) is 11.1 Å². The zero-order valence-electron chi connectivity index (χ0n) is 12.9. The number of pyridine rings is 1. The molecular formula is C17H15N5O. The smallest absolute Gasteiger partial charge is 0.238 e. The van der Waals surface area contributed by atoms with Crippen molar-refractivity contribution in [3.05, 3.63) is 47.8 Å². The number of nitrogens with one attached hydrogen (secondary N) is 1. The number of anilines is 1. The van der Waals surface area contributed by atoms with Crippen LogP contribution in [0.3, 0.4) is 0 Å². The maximum Gasteiger partial charge on any atom is 0.238 e. The third-order valence-electron chi connectivity index (χ3n) is 3.45.